The quantitative estimate of drug-likeness (QED) is 0.725. The largest absolute Gasteiger partial charge is 0.326 e. The van der Waals surface area contributed by atoms with Gasteiger partial charge in [0.2, 0.25) is 0 Å². The summed E-state index contributed by atoms with van der Waals surface area (Å²) in [5.74, 6) is 0. The number of nitrogens with two attached hydrogens (primary N) is 1. The second-order valence-corrected chi connectivity index (χ2v) is 3.98. The first kappa shape index (κ1) is 10.1. The lowest BCUT2D eigenvalue weighted by Crippen LogP contribution is -2.01. The first-order chi connectivity index (χ1) is 8.38. The Morgan fingerprint density at radius 3 is 2.76 bits per heavy atom. The van der Waals surface area contributed by atoms with Crippen molar-refractivity contribution in [3.8, 4) is 11.1 Å². The topological polar surface area (TPSA) is 43.3 Å². The molecule has 0 aliphatic heterocycles. The fourth-order valence-corrected chi connectivity index (χ4v) is 2.05. The van der Waals surface area contributed by atoms with Crippen molar-refractivity contribution in [1.29, 1.82) is 0 Å². The van der Waals surface area contributed by atoms with Crippen molar-refractivity contribution in [3.05, 3.63) is 60.6 Å². The summed E-state index contributed by atoms with van der Waals surface area (Å²) in [4.78, 5) is 4.27. The molecule has 17 heavy (non-hydrogen) atoms. The third-order valence-electron chi connectivity index (χ3n) is 2.92. The molecule has 0 unspecified atom stereocenters. The predicted molar refractivity (Wildman–Crippen MR) is 68.5 cm³/mol. The second kappa shape index (κ2) is 4.03. The van der Waals surface area contributed by atoms with E-state index in [9.17, 15) is 0 Å². The van der Waals surface area contributed by atoms with Gasteiger partial charge < -0.3 is 10.1 Å². The standard InChI is InChI=1S/C14H13N3/c15-9-12-8-14-16-6-7-17(14)10-13(12)11-4-2-1-3-5-11/h1-8,10H,9,15H2. The Bertz CT molecular complexity index is 641. The third-order valence-corrected chi connectivity index (χ3v) is 2.92. The van der Waals surface area contributed by atoms with Crippen molar-refractivity contribution in [1.82, 2.24) is 9.38 Å². The maximum absolute atomic E-state index is 5.81. The van der Waals surface area contributed by atoms with Crippen LogP contribution in [-0.4, -0.2) is 9.38 Å². The van der Waals surface area contributed by atoms with Crippen molar-refractivity contribution in [2.75, 3.05) is 0 Å². The molecule has 3 nitrogen and oxygen atoms in total. The maximum atomic E-state index is 5.81. The lowest BCUT2D eigenvalue weighted by Gasteiger charge is -2.09. The molecule has 0 fully saturated rings. The van der Waals surface area contributed by atoms with Crippen LogP contribution in [-0.2, 0) is 6.54 Å². The molecular formula is C14H13N3. The average molecular weight is 223 g/mol. The molecular weight excluding hydrogens is 210 g/mol. The van der Waals surface area contributed by atoms with Gasteiger partial charge in [-0.3, -0.25) is 0 Å². The van der Waals surface area contributed by atoms with Crippen LogP contribution in [0.3, 0.4) is 0 Å². The molecule has 3 rings (SSSR count). The van der Waals surface area contributed by atoms with Crippen LogP contribution in [0.2, 0.25) is 0 Å². The minimum absolute atomic E-state index is 0.521. The van der Waals surface area contributed by atoms with E-state index in [1.807, 2.05) is 34.9 Å². The van der Waals surface area contributed by atoms with Crippen LogP contribution in [0.5, 0.6) is 0 Å². The van der Waals surface area contributed by atoms with Crippen LogP contribution in [0.25, 0.3) is 16.8 Å². The molecule has 2 N–H and O–H groups in total. The molecule has 1 aromatic carbocycles. The number of aromatic nitrogens is 2. The van der Waals surface area contributed by atoms with Crippen LogP contribution in [0, 0.1) is 0 Å². The van der Waals surface area contributed by atoms with E-state index in [-0.39, 0.29) is 0 Å². The average Bonchev–Trinajstić information content (AvgIpc) is 2.85. The molecule has 0 saturated carbocycles. The van der Waals surface area contributed by atoms with Gasteiger partial charge in [-0.2, -0.15) is 0 Å². The zero-order valence-electron chi connectivity index (χ0n) is 9.38. The number of imidazole rings is 1. The van der Waals surface area contributed by atoms with Crippen molar-refractivity contribution in [2.45, 2.75) is 6.54 Å². The van der Waals surface area contributed by atoms with E-state index in [4.69, 9.17) is 5.73 Å². The lowest BCUT2D eigenvalue weighted by atomic mass is 10.0. The predicted octanol–water partition coefficient (Wildman–Crippen LogP) is 2.46. The van der Waals surface area contributed by atoms with Crippen molar-refractivity contribution in [2.24, 2.45) is 5.73 Å². The van der Waals surface area contributed by atoms with Gasteiger partial charge >= 0.3 is 0 Å². The zero-order chi connectivity index (χ0) is 11.7. The van der Waals surface area contributed by atoms with E-state index < -0.39 is 0 Å². The fourth-order valence-electron chi connectivity index (χ4n) is 2.05. The Morgan fingerprint density at radius 1 is 1.18 bits per heavy atom. The summed E-state index contributed by atoms with van der Waals surface area (Å²) >= 11 is 0. The Balaban J connectivity index is 2.26. The number of fused-ring (bicyclic) bond motifs is 1. The Hall–Kier alpha value is -2.13. The Morgan fingerprint density at radius 2 is 2.00 bits per heavy atom. The van der Waals surface area contributed by atoms with E-state index in [1.165, 1.54) is 11.1 Å². The van der Waals surface area contributed by atoms with E-state index in [0.29, 0.717) is 6.54 Å². The van der Waals surface area contributed by atoms with Crippen LogP contribution in [0.4, 0.5) is 0 Å². The summed E-state index contributed by atoms with van der Waals surface area (Å²) in [5, 5.41) is 0. The zero-order valence-corrected chi connectivity index (χ0v) is 9.38. The fraction of sp³-hybridized carbons (Fsp3) is 0.0714. The third kappa shape index (κ3) is 1.70. The van der Waals surface area contributed by atoms with Crippen LogP contribution < -0.4 is 5.73 Å². The van der Waals surface area contributed by atoms with Gasteiger partial charge in [-0.05, 0) is 17.2 Å². The monoisotopic (exact) mass is 223 g/mol. The molecule has 0 aliphatic carbocycles. The molecule has 0 radical (unpaired) electrons. The first-order valence-electron chi connectivity index (χ1n) is 5.59. The van der Waals surface area contributed by atoms with Crippen molar-refractivity contribution >= 4 is 5.65 Å². The van der Waals surface area contributed by atoms with Gasteiger partial charge in [0.05, 0.1) is 0 Å². The molecule has 2 aromatic heterocycles. The number of hydrogen-bond acceptors (Lipinski definition) is 2. The van der Waals surface area contributed by atoms with Crippen molar-refractivity contribution < 1.29 is 0 Å². The minimum atomic E-state index is 0.521. The molecule has 84 valence electrons. The summed E-state index contributed by atoms with van der Waals surface area (Å²) in [7, 11) is 0. The number of hydrogen-bond donors (Lipinski definition) is 1. The summed E-state index contributed by atoms with van der Waals surface area (Å²) in [6, 6.07) is 12.3. The highest BCUT2D eigenvalue weighted by Crippen LogP contribution is 2.24. The second-order valence-electron chi connectivity index (χ2n) is 3.98. The Kier molecular flexibility index (Phi) is 2.38. The molecule has 0 aliphatic rings. The number of benzene rings is 1. The molecule has 2 heterocycles. The number of rotatable bonds is 2. The SMILES string of the molecule is NCc1cc2nccn2cc1-c1ccccc1. The van der Waals surface area contributed by atoms with Gasteiger partial charge in [-0.25, -0.2) is 4.98 Å². The summed E-state index contributed by atoms with van der Waals surface area (Å²) in [6.07, 6.45) is 5.83. The van der Waals surface area contributed by atoms with E-state index in [2.05, 4.69) is 23.3 Å². The van der Waals surface area contributed by atoms with Gasteiger partial charge in [0.15, 0.2) is 0 Å². The van der Waals surface area contributed by atoms with E-state index in [0.717, 1.165) is 11.2 Å². The van der Waals surface area contributed by atoms with Gasteiger partial charge in [-0.1, -0.05) is 30.3 Å². The molecule has 0 atom stereocenters. The highest BCUT2D eigenvalue weighted by Gasteiger charge is 2.06. The van der Waals surface area contributed by atoms with Gasteiger partial charge in [0.1, 0.15) is 5.65 Å². The van der Waals surface area contributed by atoms with Crippen LogP contribution in [0.1, 0.15) is 5.56 Å². The van der Waals surface area contributed by atoms with Crippen molar-refractivity contribution in [3.63, 3.8) is 0 Å². The number of pyridine rings is 1. The van der Waals surface area contributed by atoms with Gasteiger partial charge in [0, 0.05) is 30.7 Å². The summed E-state index contributed by atoms with van der Waals surface area (Å²) in [6.45, 7) is 0.521. The molecule has 0 spiro atoms. The molecule has 0 saturated heterocycles. The summed E-state index contributed by atoms with van der Waals surface area (Å²) in [5.41, 5.74) is 10.2. The maximum Gasteiger partial charge on any atom is 0.136 e. The van der Waals surface area contributed by atoms with Gasteiger partial charge in [-0.15, -0.1) is 0 Å². The minimum Gasteiger partial charge on any atom is -0.326 e. The Labute approximate surface area is 99.5 Å². The lowest BCUT2D eigenvalue weighted by molar-refractivity contribution is 1.05. The van der Waals surface area contributed by atoms with Gasteiger partial charge in [0.25, 0.3) is 0 Å². The highest BCUT2D eigenvalue weighted by molar-refractivity contribution is 5.68. The van der Waals surface area contributed by atoms with E-state index >= 15 is 0 Å². The molecule has 3 aromatic rings. The molecule has 0 amide bonds. The van der Waals surface area contributed by atoms with Crippen LogP contribution >= 0.6 is 0 Å². The van der Waals surface area contributed by atoms with Crippen LogP contribution in [0.15, 0.2) is 55.0 Å². The number of nitrogens with zero attached hydrogens (tertiary/aromatic N) is 2. The smallest absolute Gasteiger partial charge is 0.136 e. The normalized spacial score (nSPS) is 10.9. The molecule has 0 bridgehead atoms. The van der Waals surface area contributed by atoms with E-state index in [1.54, 1.807) is 6.20 Å². The summed E-state index contributed by atoms with van der Waals surface area (Å²) < 4.78 is 2.02. The first-order valence-corrected chi connectivity index (χ1v) is 5.59. The molecule has 3 heteroatoms. The highest BCUT2D eigenvalue weighted by atomic mass is 15.0.